The number of nitrogens with one attached hydrogen (secondary N) is 1. The van der Waals surface area contributed by atoms with Crippen LogP contribution in [0.25, 0.3) is 0 Å². The van der Waals surface area contributed by atoms with Crippen LogP contribution < -0.4 is 5.32 Å². The first-order valence-electron chi connectivity index (χ1n) is 5.60. The van der Waals surface area contributed by atoms with E-state index in [1.807, 2.05) is 24.3 Å². The highest BCUT2D eigenvalue weighted by molar-refractivity contribution is 6.31. The molecule has 1 fully saturated rings. The number of aliphatic hydroxyl groups is 1. The Labute approximate surface area is 101 Å². The molecule has 16 heavy (non-hydrogen) atoms. The van der Waals surface area contributed by atoms with Gasteiger partial charge in [-0.15, -0.1) is 0 Å². The van der Waals surface area contributed by atoms with Crippen LogP contribution in [-0.4, -0.2) is 42.3 Å². The summed E-state index contributed by atoms with van der Waals surface area (Å²) in [4.78, 5) is 2.28. The van der Waals surface area contributed by atoms with Gasteiger partial charge in [0.25, 0.3) is 0 Å². The highest BCUT2D eigenvalue weighted by Gasteiger charge is 2.21. The molecule has 1 aliphatic heterocycles. The van der Waals surface area contributed by atoms with Gasteiger partial charge in [0.1, 0.15) is 0 Å². The van der Waals surface area contributed by atoms with E-state index in [-0.39, 0.29) is 12.6 Å². The van der Waals surface area contributed by atoms with Crippen LogP contribution in [0.1, 0.15) is 5.56 Å². The second-order valence-corrected chi connectivity index (χ2v) is 4.51. The van der Waals surface area contributed by atoms with Crippen molar-refractivity contribution in [1.82, 2.24) is 10.2 Å². The first kappa shape index (κ1) is 11.9. The molecule has 88 valence electrons. The lowest BCUT2D eigenvalue weighted by atomic mass is 10.1. The van der Waals surface area contributed by atoms with Crippen LogP contribution in [0.5, 0.6) is 0 Å². The van der Waals surface area contributed by atoms with Gasteiger partial charge in [-0.3, -0.25) is 4.90 Å². The van der Waals surface area contributed by atoms with Crippen molar-refractivity contribution in [2.45, 2.75) is 12.6 Å². The summed E-state index contributed by atoms with van der Waals surface area (Å²) in [6, 6.07) is 8.08. The monoisotopic (exact) mass is 240 g/mol. The summed E-state index contributed by atoms with van der Waals surface area (Å²) < 4.78 is 0. The molecule has 0 saturated carbocycles. The van der Waals surface area contributed by atoms with E-state index in [4.69, 9.17) is 11.6 Å². The molecule has 2 N–H and O–H groups in total. The molecule has 1 atom stereocenters. The third-order valence-electron chi connectivity index (χ3n) is 3.01. The zero-order chi connectivity index (χ0) is 11.4. The fourth-order valence-electron chi connectivity index (χ4n) is 2.04. The number of piperazine rings is 1. The summed E-state index contributed by atoms with van der Waals surface area (Å²) in [7, 11) is 0. The Bertz CT molecular complexity index is 346. The number of rotatable bonds is 3. The van der Waals surface area contributed by atoms with Crippen molar-refractivity contribution < 1.29 is 5.11 Å². The van der Waals surface area contributed by atoms with Crippen LogP contribution in [-0.2, 0) is 6.54 Å². The van der Waals surface area contributed by atoms with Crippen LogP contribution >= 0.6 is 11.6 Å². The largest absolute Gasteiger partial charge is 0.395 e. The van der Waals surface area contributed by atoms with Crippen molar-refractivity contribution >= 4 is 11.6 Å². The maximum Gasteiger partial charge on any atom is 0.0599 e. The number of nitrogens with zero attached hydrogens (tertiary/aromatic N) is 1. The fraction of sp³-hybridized carbons (Fsp3) is 0.500. The summed E-state index contributed by atoms with van der Waals surface area (Å²) in [6.45, 7) is 3.78. The van der Waals surface area contributed by atoms with Gasteiger partial charge in [0.05, 0.1) is 6.61 Å². The lowest BCUT2D eigenvalue weighted by molar-refractivity contribution is 0.0946. The molecular weight excluding hydrogens is 224 g/mol. The number of aliphatic hydroxyl groups excluding tert-OH is 1. The van der Waals surface area contributed by atoms with E-state index in [1.54, 1.807) is 0 Å². The minimum Gasteiger partial charge on any atom is -0.395 e. The van der Waals surface area contributed by atoms with Crippen LogP contribution in [0, 0.1) is 0 Å². The lowest BCUT2D eigenvalue weighted by Gasteiger charge is -2.35. The number of hydrogen-bond acceptors (Lipinski definition) is 3. The minimum atomic E-state index is 0.192. The van der Waals surface area contributed by atoms with Crippen molar-refractivity contribution in [3.63, 3.8) is 0 Å². The smallest absolute Gasteiger partial charge is 0.0599 e. The topological polar surface area (TPSA) is 35.5 Å². The molecule has 1 aliphatic rings. The Morgan fingerprint density at radius 3 is 3.00 bits per heavy atom. The van der Waals surface area contributed by atoms with Gasteiger partial charge in [-0.05, 0) is 11.6 Å². The van der Waals surface area contributed by atoms with E-state index in [2.05, 4.69) is 10.2 Å². The molecular formula is C12H17ClN2O. The summed E-state index contributed by atoms with van der Waals surface area (Å²) in [5.41, 5.74) is 1.13. The fourth-order valence-corrected chi connectivity index (χ4v) is 2.23. The predicted molar refractivity (Wildman–Crippen MR) is 65.6 cm³/mol. The molecule has 2 rings (SSSR count). The molecule has 0 aromatic heterocycles. The predicted octanol–water partition coefficient (Wildman–Crippen LogP) is 1.11. The zero-order valence-corrected chi connectivity index (χ0v) is 9.95. The maximum atomic E-state index is 9.29. The van der Waals surface area contributed by atoms with Crippen molar-refractivity contribution in [2.75, 3.05) is 26.2 Å². The van der Waals surface area contributed by atoms with E-state index in [0.29, 0.717) is 0 Å². The van der Waals surface area contributed by atoms with Crippen molar-refractivity contribution in [2.24, 2.45) is 0 Å². The van der Waals surface area contributed by atoms with Gasteiger partial charge in [-0.2, -0.15) is 0 Å². The Morgan fingerprint density at radius 2 is 2.25 bits per heavy atom. The lowest BCUT2D eigenvalue weighted by Crippen LogP contribution is -2.52. The van der Waals surface area contributed by atoms with Gasteiger partial charge in [-0.1, -0.05) is 29.8 Å². The summed E-state index contributed by atoms with van der Waals surface area (Å²) in [6.07, 6.45) is 0. The normalized spacial score (nSPS) is 22.2. The van der Waals surface area contributed by atoms with E-state index in [9.17, 15) is 5.11 Å². The van der Waals surface area contributed by atoms with E-state index in [1.165, 1.54) is 0 Å². The molecule has 0 bridgehead atoms. The average molecular weight is 241 g/mol. The molecule has 0 aliphatic carbocycles. The molecule has 0 radical (unpaired) electrons. The first-order valence-corrected chi connectivity index (χ1v) is 5.98. The highest BCUT2D eigenvalue weighted by atomic mass is 35.5. The molecule has 1 heterocycles. The number of halogens is 1. The van der Waals surface area contributed by atoms with Gasteiger partial charge in [0.2, 0.25) is 0 Å². The van der Waals surface area contributed by atoms with Gasteiger partial charge >= 0.3 is 0 Å². The molecule has 1 aromatic carbocycles. The molecule has 3 nitrogen and oxygen atoms in total. The van der Waals surface area contributed by atoms with Crippen molar-refractivity contribution in [1.29, 1.82) is 0 Å². The molecule has 0 spiro atoms. The minimum absolute atomic E-state index is 0.192. The third-order valence-corrected chi connectivity index (χ3v) is 3.38. The SMILES string of the molecule is OCC1CNCCN1Cc1ccccc1Cl. The Kier molecular flexibility index (Phi) is 4.18. The van der Waals surface area contributed by atoms with E-state index >= 15 is 0 Å². The quantitative estimate of drug-likeness (QED) is 0.831. The van der Waals surface area contributed by atoms with Gasteiger partial charge in [-0.25, -0.2) is 0 Å². The molecule has 1 aromatic rings. The third kappa shape index (κ3) is 2.74. The average Bonchev–Trinajstić information content (AvgIpc) is 2.33. The zero-order valence-electron chi connectivity index (χ0n) is 9.19. The molecule has 1 unspecified atom stereocenters. The summed E-state index contributed by atoms with van der Waals surface area (Å²) >= 11 is 6.13. The number of benzene rings is 1. The van der Waals surface area contributed by atoms with Crippen LogP contribution in [0.4, 0.5) is 0 Å². The highest BCUT2D eigenvalue weighted by Crippen LogP contribution is 2.18. The Hall–Kier alpha value is -0.610. The second-order valence-electron chi connectivity index (χ2n) is 4.10. The van der Waals surface area contributed by atoms with Crippen molar-refractivity contribution in [3.8, 4) is 0 Å². The van der Waals surface area contributed by atoms with Crippen LogP contribution in [0.15, 0.2) is 24.3 Å². The molecule has 1 saturated heterocycles. The second kappa shape index (κ2) is 5.64. The molecule has 4 heteroatoms. The van der Waals surface area contributed by atoms with Crippen LogP contribution in [0.3, 0.4) is 0 Å². The first-order chi connectivity index (χ1) is 7.81. The Balaban J connectivity index is 2.05. The van der Waals surface area contributed by atoms with Crippen LogP contribution in [0.2, 0.25) is 5.02 Å². The van der Waals surface area contributed by atoms with Gasteiger partial charge in [0.15, 0.2) is 0 Å². The maximum absolute atomic E-state index is 9.29. The summed E-state index contributed by atoms with van der Waals surface area (Å²) in [5.74, 6) is 0. The van der Waals surface area contributed by atoms with E-state index < -0.39 is 0 Å². The van der Waals surface area contributed by atoms with Gasteiger partial charge < -0.3 is 10.4 Å². The van der Waals surface area contributed by atoms with Crippen molar-refractivity contribution in [3.05, 3.63) is 34.9 Å². The summed E-state index contributed by atoms with van der Waals surface area (Å²) in [5, 5.41) is 13.4. The van der Waals surface area contributed by atoms with Gasteiger partial charge in [0, 0.05) is 37.2 Å². The Morgan fingerprint density at radius 1 is 1.44 bits per heavy atom. The standard InChI is InChI=1S/C12H17ClN2O/c13-12-4-2-1-3-10(12)8-15-6-5-14-7-11(15)9-16/h1-4,11,14,16H,5-9H2. The number of hydrogen-bond donors (Lipinski definition) is 2. The van der Waals surface area contributed by atoms with E-state index in [0.717, 1.165) is 36.8 Å². The molecule has 0 amide bonds.